The highest BCUT2D eigenvalue weighted by molar-refractivity contribution is 6.33. The third kappa shape index (κ3) is 4.37. The molecule has 5 nitrogen and oxygen atoms in total. The zero-order valence-corrected chi connectivity index (χ0v) is 17.2. The number of carbonyl (C=O) groups is 2. The van der Waals surface area contributed by atoms with Gasteiger partial charge in [0.1, 0.15) is 11.6 Å². The first-order valence-corrected chi connectivity index (χ1v) is 9.52. The van der Waals surface area contributed by atoms with Gasteiger partial charge in [-0.05, 0) is 56.0 Å². The Morgan fingerprint density at radius 1 is 1.14 bits per heavy atom. The van der Waals surface area contributed by atoms with Crippen molar-refractivity contribution in [2.75, 3.05) is 7.11 Å². The van der Waals surface area contributed by atoms with Crippen molar-refractivity contribution in [2.45, 2.75) is 44.9 Å². The maximum Gasteiger partial charge on any atom is 0.339 e. The third-order valence-corrected chi connectivity index (χ3v) is 4.89. The Balaban J connectivity index is 1.96. The highest BCUT2D eigenvalue weighted by atomic mass is 35.5. The van der Waals surface area contributed by atoms with E-state index in [9.17, 15) is 9.59 Å². The molecule has 148 valence electrons. The SMILES string of the molecule is COC(=O)c1ccc(C2NC(C(=O)OC(C)(C)C)Cc3ccccc32)cc1Cl. The molecule has 28 heavy (non-hydrogen) atoms. The highest BCUT2D eigenvalue weighted by Crippen LogP contribution is 2.33. The van der Waals surface area contributed by atoms with Gasteiger partial charge in [0, 0.05) is 0 Å². The van der Waals surface area contributed by atoms with E-state index >= 15 is 0 Å². The molecule has 1 heterocycles. The van der Waals surface area contributed by atoms with Gasteiger partial charge in [-0.2, -0.15) is 0 Å². The van der Waals surface area contributed by atoms with Crippen LogP contribution in [0.3, 0.4) is 0 Å². The lowest BCUT2D eigenvalue weighted by Gasteiger charge is -2.34. The van der Waals surface area contributed by atoms with Gasteiger partial charge in [-0.25, -0.2) is 4.79 Å². The first-order chi connectivity index (χ1) is 13.2. The molecule has 1 aliphatic rings. The second kappa shape index (κ2) is 7.94. The van der Waals surface area contributed by atoms with Gasteiger partial charge < -0.3 is 9.47 Å². The molecule has 0 saturated heterocycles. The number of methoxy groups -OCH3 is 1. The van der Waals surface area contributed by atoms with E-state index in [0.717, 1.165) is 16.7 Å². The van der Waals surface area contributed by atoms with Gasteiger partial charge in [0.05, 0.1) is 23.7 Å². The summed E-state index contributed by atoms with van der Waals surface area (Å²) in [4.78, 5) is 24.5. The summed E-state index contributed by atoms with van der Waals surface area (Å²) in [6.07, 6.45) is 0.551. The average Bonchev–Trinajstić information content (AvgIpc) is 2.65. The van der Waals surface area contributed by atoms with Gasteiger partial charge >= 0.3 is 11.9 Å². The Bertz CT molecular complexity index is 904. The Morgan fingerprint density at radius 3 is 2.50 bits per heavy atom. The molecular formula is C22H24ClNO4. The molecule has 0 spiro atoms. The van der Waals surface area contributed by atoms with Crippen LogP contribution in [0.4, 0.5) is 0 Å². The van der Waals surface area contributed by atoms with Crippen molar-refractivity contribution in [1.29, 1.82) is 0 Å². The summed E-state index contributed by atoms with van der Waals surface area (Å²) in [5, 5.41) is 3.70. The lowest BCUT2D eigenvalue weighted by molar-refractivity contribution is -0.157. The molecule has 0 saturated carbocycles. The predicted molar refractivity (Wildman–Crippen MR) is 108 cm³/mol. The zero-order valence-electron chi connectivity index (χ0n) is 16.4. The van der Waals surface area contributed by atoms with Crippen LogP contribution in [0.1, 0.15) is 53.9 Å². The summed E-state index contributed by atoms with van der Waals surface area (Å²) < 4.78 is 10.3. The minimum absolute atomic E-state index is 0.244. The summed E-state index contributed by atoms with van der Waals surface area (Å²) in [5.41, 5.74) is 2.76. The molecule has 2 aromatic carbocycles. The molecule has 2 atom stereocenters. The second-order valence-electron chi connectivity index (χ2n) is 7.82. The number of rotatable bonds is 3. The van der Waals surface area contributed by atoms with E-state index in [4.69, 9.17) is 21.1 Å². The van der Waals surface area contributed by atoms with Gasteiger partial charge in [-0.15, -0.1) is 0 Å². The number of fused-ring (bicyclic) bond motifs is 1. The average molecular weight is 402 g/mol. The summed E-state index contributed by atoms with van der Waals surface area (Å²) >= 11 is 6.32. The van der Waals surface area contributed by atoms with Crippen molar-refractivity contribution < 1.29 is 19.1 Å². The fourth-order valence-corrected chi connectivity index (χ4v) is 3.62. The Morgan fingerprint density at radius 2 is 1.86 bits per heavy atom. The molecule has 0 fully saturated rings. The smallest absolute Gasteiger partial charge is 0.339 e. The van der Waals surface area contributed by atoms with Crippen molar-refractivity contribution in [1.82, 2.24) is 5.32 Å². The molecule has 0 radical (unpaired) electrons. The van der Waals surface area contributed by atoms with Gasteiger partial charge in [-0.3, -0.25) is 10.1 Å². The summed E-state index contributed by atoms with van der Waals surface area (Å²) in [5.74, 6) is -0.774. The topological polar surface area (TPSA) is 64.6 Å². The van der Waals surface area contributed by atoms with E-state index in [-0.39, 0.29) is 12.0 Å². The molecule has 0 aliphatic carbocycles. The number of ether oxygens (including phenoxy) is 2. The fraction of sp³-hybridized carbons (Fsp3) is 0.364. The second-order valence-corrected chi connectivity index (χ2v) is 8.23. The van der Waals surface area contributed by atoms with Crippen molar-refractivity contribution in [2.24, 2.45) is 0 Å². The normalized spacial score (nSPS) is 18.9. The molecule has 0 amide bonds. The number of halogens is 1. The van der Waals surface area contributed by atoms with Crippen LogP contribution >= 0.6 is 11.6 Å². The molecule has 0 aromatic heterocycles. The van der Waals surface area contributed by atoms with E-state index in [1.165, 1.54) is 7.11 Å². The van der Waals surface area contributed by atoms with E-state index in [1.54, 1.807) is 12.1 Å². The van der Waals surface area contributed by atoms with E-state index in [0.29, 0.717) is 17.0 Å². The summed E-state index contributed by atoms with van der Waals surface area (Å²) in [6.45, 7) is 5.55. The Hall–Kier alpha value is -2.37. The molecule has 2 aromatic rings. The van der Waals surface area contributed by atoms with Crippen LogP contribution in [0.5, 0.6) is 0 Å². The quantitative estimate of drug-likeness (QED) is 0.785. The third-order valence-electron chi connectivity index (χ3n) is 4.58. The number of hydrogen-bond donors (Lipinski definition) is 1. The van der Waals surface area contributed by atoms with Crippen LogP contribution in [0.15, 0.2) is 42.5 Å². The Kier molecular flexibility index (Phi) is 5.77. The first-order valence-electron chi connectivity index (χ1n) is 9.14. The predicted octanol–water partition coefficient (Wildman–Crippen LogP) is 4.07. The molecule has 6 heteroatoms. The molecule has 2 unspecified atom stereocenters. The van der Waals surface area contributed by atoms with Crippen molar-refractivity contribution in [3.63, 3.8) is 0 Å². The van der Waals surface area contributed by atoms with Crippen LogP contribution in [0, 0.1) is 0 Å². The number of benzene rings is 2. The standard InChI is InChI=1S/C22H24ClNO4/c1-22(2,3)28-21(26)18-12-13-7-5-6-8-15(13)19(24-18)14-9-10-16(17(23)11-14)20(25)27-4/h5-11,18-19,24H,12H2,1-4H3. The molecule has 1 N–H and O–H groups in total. The van der Waals surface area contributed by atoms with Crippen LogP contribution in [-0.2, 0) is 20.7 Å². The van der Waals surface area contributed by atoms with Crippen LogP contribution < -0.4 is 5.32 Å². The molecule has 1 aliphatic heterocycles. The summed E-state index contributed by atoms with van der Waals surface area (Å²) in [7, 11) is 1.32. The van der Waals surface area contributed by atoms with E-state index in [1.807, 2.05) is 51.1 Å². The minimum Gasteiger partial charge on any atom is -0.465 e. The minimum atomic E-state index is -0.559. The van der Waals surface area contributed by atoms with E-state index < -0.39 is 17.6 Å². The largest absolute Gasteiger partial charge is 0.465 e. The maximum absolute atomic E-state index is 12.7. The zero-order chi connectivity index (χ0) is 20.5. The molecule has 0 bridgehead atoms. The first kappa shape index (κ1) is 20.4. The number of nitrogens with one attached hydrogen (secondary N) is 1. The monoisotopic (exact) mass is 401 g/mol. The number of carbonyl (C=O) groups excluding carboxylic acids is 2. The highest BCUT2D eigenvalue weighted by Gasteiger charge is 2.34. The number of esters is 2. The Labute approximate surface area is 170 Å². The van der Waals surface area contributed by atoms with Crippen LogP contribution in [0.25, 0.3) is 0 Å². The molecule has 3 rings (SSSR count). The lowest BCUT2D eigenvalue weighted by atomic mass is 9.86. The van der Waals surface area contributed by atoms with Crippen LogP contribution in [0.2, 0.25) is 5.02 Å². The lowest BCUT2D eigenvalue weighted by Crippen LogP contribution is -2.47. The van der Waals surface area contributed by atoms with E-state index in [2.05, 4.69) is 5.32 Å². The summed E-state index contributed by atoms with van der Waals surface area (Å²) in [6, 6.07) is 12.5. The number of hydrogen-bond acceptors (Lipinski definition) is 5. The van der Waals surface area contributed by atoms with Crippen molar-refractivity contribution in [3.8, 4) is 0 Å². The fourth-order valence-electron chi connectivity index (χ4n) is 3.36. The van der Waals surface area contributed by atoms with Gasteiger partial charge in [0.2, 0.25) is 0 Å². The van der Waals surface area contributed by atoms with Crippen molar-refractivity contribution in [3.05, 3.63) is 69.7 Å². The van der Waals surface area contributed by atoms with Gasteiger partial charge in [0.15, 0.2) is 0 Å². The van der Waals surface area contributed by atoms with Crippen LogP contribution in [-0.4, -0.2) is 30.7 Å². The molecular weight excluding hydrogens is 378 g/mol. The van der Waals surface area contributed by atoms with Gasteiger partial charge in [-0.1, -0.05) is 41.9 Å². The maximum atomic E-state index is 12.7. The van der Waals surface area contributed by atoms with Crippen molar-refractivity contribution >= 4 is 23.5 Å². The van der Waals surface area contributed by atoms with Gasteiger partial charge in [0.25, 0.3) is 0 Å².